The number of rotatable bonds is 3. The molecular weight excluding hydrogens is 788 g/mol. The Labute approximate surface area is 302 Å². The van der Waals surface area contributed by atoms with Crippen LogP contribution in [0.5, 0.6) is 11.6 Å². The molecular formula is C42H40N4O2Pt. The van der Waals surface area contributed by atoms with Crippen LogP contribution >= 0.6 is 0 Å². The van der Waals surface area contributed by atoms with Gasteiger partial charge in [-0.05, 0) is 56.3 Å². The first kappa shape index (κ1) is 32.2. The summed E-state index contributed by atoms with van der Waals surface area (Å²) in [7, 11) is 0. The molecule has 250 valence electrons. The minimum Gasteiger partial charge on any atom is -0.526 e. The van der Waals surface area contributed by atoms with Gasteiger partial charge in [0.05, 0.1) is 5.54 Å². The predicted octanol–water partition coefficient (Wildman–Crippen LogP) is 9.22. The van der Waals surface area contributed by atoms with Crippen LogP contribution in [0.3, 0.4) is 0 Å². The van der Waals surface area contributed by atoms with Gasteiger partial charge in [0.25, 0.3) is 0 Å². The summed E-state index contributed by atoms with van der Waals surface area (Å²) in [6.07, 6.45) is 10.8. The second-order valence-corrected chi connectivity index (χ2v) is 15.7. The molecule has 2 aliphatic carbocycles. The number of benzene rings is 2. The molecule has 9 rings (SSSR count). The van der Waals surface area contributed by atoms with Gasteiger partial charge in [-0.1, -0.05) is 88.2 Å². The Kier molecular flexibility index (Phi) is 6.74. The number of fused-ring (bicyclic) bond motifs is 8. The van der Waals surface area contributed by atoms with Crippen molar-refractivity contribution >= 4 is 27.7 Å². The Hall–Kier alpha value is -4.02. The fourth-order valence-corrected chi connectivity index (χ4v) is 9.27. The molecule has 0 radical (unpaired) electrons. The molecule has 1 saturated carbocycles. The Morgan fingerprint density at radius 2 is 1.63 bits per heavy atom. The summed E-state index contributed by atoms with van der Waals surface area (Å²) in [5.41, 5.74) is 7.10. The first-order valence-electron chi connectivity index (χ1n) is 17.0. The van der Waals surface area contributed by atoms with Gasteiger partial charge in [0.2, 0.25) is 0 Å². The number of allylic oxidation sites excluding steroid dienone is 3. The van der Waals surface area contributed by atoms with Crippen molar-refractivity contribution in [1.82, 2.24) is 14.5 Å². The van der Waals surface area contributed by atoms with Gasteiger partial charge < -0.3 is 19.0 Å². The zero-order valence-corrected chi connectivity index (χ0v) is 31.7. The standard InChI is InChI=1S/C42H40N4O2.Pt/c1-23-17-28-27-19-24(2)34(22-33(27)46-36(28)32(18-23)39(4,5)31-15-12-16-43-37(31)46)47-35-21-26(20-25(3)44-35)38-45-41(8)30-14-11-10-13-29(30)40(6,7)42(41,9)48-38;/h10-20,29-30H,1-9H3;/q-2;+2/t29?,30?,41-,42+;/m1./s1. The molecule has 3 aromatic heterocycles. The zero-order valence-electron chi connectivity index (χ0n) is 29.4. The third-order valence-electron chi connectivity index (χ3n) is 12.3. The Bertz CT molecular complexity index is 2350. The third-order valence-corrected chi connectivity index (χ3v) is 12.3. The van der Waals surface area contributed by atoms with Crippen molar-refractivity contribution in [2.24, 2.45) is 22.2 Å². The second-order valence-electron chi connectivity index (χ2n) is 15.7. The van der Waals surface area contributed by atoms with Gasteiger partial charge in [0, 0.05) is 39.8 Å². The molecule has 4 atom stereocenters. The van der Waals surface area contributed by atoms with Crippen molar-refractivity contribution in [1.29, 1.82) is 0 Å². The summed E-state index contributed by atoms with van der Waals surface area (Å²) < 4.78 is 15.7. The minimum absolute atomic E-state index is 0. The van der Waals surface area contributed by atoms with Crippen molar-refractivity contribution < 1.29 is 30.5 Å². The van der Waals surface area contributed by atoms with E-state index in [0.717, 1.165) is 33.5 Å². The quantitative estimate of drug-likeness (QED) is 0.170. The Morgan fingerprint density at radius 1 is 0.878 bits per heavy atom. The first-order chi connectivity index (χ1) is 22.7. The third kappa shape index (κ3) is 4.07. The number of hydrogen-bond donors (Lipinski definition) is 0. The number of aryl methyl sites for hydroxylation is 3. The van der Waals surface area contributed by atoms with E-state index in [2.05, 4.69) is 121 Å². The van der Waals surface area contributed by atoms with Crippen LogP contribution in [0.1, 0.15) is 75.1 Å². The van der Waals surface area contributed by atoms with Crippen LogP contribution in [0.15, 0.2) is 71.9 Å². The molecule has 0 spiro atoms. The van der Waals surface area contributed by atoms with E-state index in [9.17, 15) is 0 Å². The molecule has 0 amide bonds. The van der Waals surface area contributed by atoms with Crippen LogP contribution in [0.2, 0.25) is 0 Å². The monoisotopic (exact) mass is 827 g/mol. The van der Waals surface area contributed by atoms with E-state index < -0.39 is 11.1 Å². The SMILES string of the molecule is Cc1cc2c3c(c1)c1cc(C)c(Oc4[c-]c(C5=N[C@]6(C)C7C=CC=CC7C(C)(C)[C@]6(C)O5)cc(C)n4)[c-]c1n3-c1ncccc1C2(C)C.[Pt+2]. The van der Waals surface area contributed by atoms with E-state index in [4.69, 9.17) is 24.4 Å². The van der Waals surface area contributed by atoms with Crippen molar-refractivity contribution in [3.05, 3.63) is 113 Å². The van der Waals surface area contributed by atoms with E-state index in [1.807, 2.05) is 25.3 Å². The van der Waals surface area contributed by atoms with E-state index in [1.54, 1.807) is 0 Å². The normalized spacial score (nSPS) is 26.5. The second kappa shape index (κ2) is 10.3. The smallest absolute Gasteiger partial charge is 0.526 e. The van der Waals surface area contributed by atoms with Crippen LogP contribution < -0.4 is 4.74 Å². The number of nitrogens with zero attached hydrogens (tertiary/aromatic N) is 4. The average molecular weight is 828 g/mol. The van der Waals surface area contributed by atoms with Crippen LogP contribution in [-0.4, -0.2) is 31.6 Å². The number of aliphatic imine (C=N–C) groups is 1. The number of ether oxygens (including phenoxy) is 2. The maximum Gasteiger partial charge on any atom is 2.00 e. The maximum atomic E-state index is 6.90. The van der Waals surface area contributed by atoms with Gasteiger partial charge in [-0.2, -0.15) is 6.07 Å². The van der Waals surface area contributed by atoms with Crippen LogP contribution in [0, 0.1) is 50.2 Å². The van der Waals surface area contributed by atoms with Gasteiger partial charge in [-0.3, -0.25) is 0 Å². The molecule has 6 nitrogen and oxygen atoms in total. The molecule has 2 aromatic carbocycles. The van der Waals surface area contributed by atoms with Gasteiger partial charge >= 0.3 is 21.1 Å². The molecule has 0 bridgehead atoms. The van der Waals surface area contributed by atoms with E-state index in [0.29, 0.717) is 23.4 Å². The summed E-state index contributed by atoms with van der Waals surface area (Å²) in [4.78, 5) is 15.0. The molecule has 5 aromatic rings. The predicted molar refractivity (Wildman–Crippen MR) is 190 cm³/mol. The summed E-state index contributed by atoms with van der Waals surface area (Å²) in [5, 5.41) is 2.33. The molecule has 2 unspecified atom stereocenters. The average Bonchev–Trinajstić information content (AvgIpc) is 3.55. The number of pyridine rings is 2. The molecule has 0 saturated heterocycles. The fraction of sp³-hybridized carbons (Fsp3) is 0.357. The minimum atomic E-state index is -0.500. The molecule has 2 aliphatic heterocycles. The van der Waals surface area contributed by atoms with Crippen LogP contribution in [-0.2, 0) is 31.2 Å². The molecule has 4 aliphatic rings. The van der Waals surface area contributed by atoms with E-state index >= 15 is 0 Å². The molecule has 0 N–H and O–H groups in total. The zero-order chi connectivity index (χ0) is 33.5. The van der Waals surface area contributed by atoms with Gasteiger partial charge in [0.1, 0.15) is 17.3 Å². The van der Waals surface area contributed by atoms with Crippen molar-refractivity contribution in [3.8, 4) is 17.4 Å². The number of hydrogen-bond acceptors (Lipinski definition) is 5. The summed E-state index contributed by atoms with van der Waals surface area (Å²) in [5.74, 6) is 3.10. The van der Waals surface area contributed by atoms with Crippen LogP contribution in [0.4, 0.5) is 0 Å². The summed E-state index contributed by atoms with van der Waals surface area (Å²) in [6.45, 7) is 19.9. The van der Waals surface area contributed by atoms with Gasteiger partial charge in [0.15, 0.2) is 5.88 Å². The van der Waals surface area contributed by atoms with E-state index in [-0.39, 0.29) is 37.8 Å². The Balaban J connectivity index is 0.00000348. The largest absolute Gasteiger partial charge is 2.00 e. The molecule has 5 heterocycles. The molecule has 1 fully saturated rings. The first-order valence-corrected chi connectivity index (χ1v) is 17.0. The Morgan fingerprint density at radius 3 is 2.41 bits per heavy atom. The van der Waals surface area contributed by atoms with Gasteiger partial charge in [-0.25, -0.2) is 9.97 Å². The van der Waals surface area contributed by atoms with Gasteiger partial charge in [-0.15, -0.1) is 34.7 Å². The van der Waals surface area contributed by atoms with Crippen molar-refractivity contribution in [3.63, 3.8) is 0 Å². The number of aromatic nitrogens is 3. The molecule has 7 heteroatoms. The summed E-state index contributed by atoms with van der Waals surface area (Å²) >= 11 is 0. The molecule has 49 heavy (non-hydrogen) atoms. The van der Waals surface area contributed by atoms with E-state index in [1.165, 1.54) is 27.6 Å². The van der Waals surface area contributed by atoms with Crippen LogP contribution in [0.25, 0.3) is 27.6 Å². The maximum absolute atomic E-state index is 6.90. The topological polar surface area (TPSA) is 61.5 Å². The van der Waals surface area contributed by atoms with Crippen molar-refractivity contribution in [2.75, 3.05) is 0 Å². The van der Waals surface area contributed by atoms with Crippen molar-refractivity contribution in [2.45, 2.75) is 78.9 Å². The fourth-order valence-electron chi connectivity index (χ4n) is 9.27. The summed E-state index contributed by atoms with van der Waals surface area (Å²) in [6, 6.07) is 20.1.